The highest BCUT2D eigenvalue weighted by molar-refractivity contribution is 5.95. The summed E-state index contributed by atoms with van der Waals surface area (Å²) in [7, 11) is 0. The standard InChI is InChI=1S/C23H24O4/c1-2-15-25-22-20(24)13-14-21(26-16-18-9-5-3-6-10-18)23(22)27-17-19-11-7-4-8-12-19/h2-14,21-23H,1,15-17H2/t21-,22+,23+/m0/s1. The molecule has 0 radical (unpaired) electrons. The van der Waals surface area contributed by atoms with E-state index in [2.05, 4.69) is 6.58 Å². The Morgan fingerprint density at radius 1 is 0.852 bits per heavy atom. The zero-order chi connectivity index (χ0) is 18.9. The summed E-state index contributed by atoms with van der Waals surface area (Å²) >= 11 is 0. The van der Waals surface area contributed by atoms with Crippen molar-refractivity contribution in [2.45, 2.75) is 31.5 Å². The summed E-state index contributed by atoms with van der Waals surface area (Å²) in [5.41, 5.74) is 2.09. The van der Waals surface area contributed by atoms with E-state index in [1.165, 1.54) is 6.08 Å². The minimum atomic E-state index is -0.711. The molecule has 0 N–H and O–H groups in total. The lowest BCUT2D eigenvalue weighted by Crippen LogP contribution is -2.48. The molecule has 27 heavy (non-hydrogen) atoms. The zero-order valence-electron chi connectivity index (χ0n) is 15.2. The van der Waals surface area contributed by atoms with Gasteiger partial charge in [0, 0.05) is 0 Å². The zero-order valence-corrected chi connectivity index (χ0v) is 15.2. The van der Waals surface area contributed by atoms with Gasteiger partial charge in [-0.3, -0.25) is 4.79 Å². The van der Waals surface area contributed by atoms with Crippen LogP contribution in [0.4, 0.5) is 0 Å². The molecule has 4 heteroatoms. The first-order chi connectivity index (χ1) is 13.3. The lowest BCUT2D eigenvalue weighted by Gasteiger charge is -2.33. The number of hydrogen-bond acceptors (Lipinski definition) is 4. The predicted octanol–water partition coefficient (Wildman–Crippen LogP) is 3.87. The molecule has 2 aromatic rings. The lowest BCUT2D eigenvalue weighted by atomic mass is 9.96. The smallest absolute Gasteiger partial charge is 0.186 e. The summed E-state index contributed by atoms with van der Waals surface area (Å²) in [5, 5.41) is 0. The Kier molecular flexibility index (Phi) is 7.11. The van der Waals surface area contributed by atoms with Crippen molar-refractivity contribution < 1.29 is 19.0 Å². The van der Waals surface area contributed by atoms with E-state index in [-0.39, 0.29) is 18.5 Å². The van der Waals surface area contributed by atoms with Crippen LogP contribution in [-0.2, 0) is 32.2 Å². The molecule has 0 amide bonds. The summed E-state index contributed by atoms with van der Waals surface area (Å²) < 4.78 is 17.9. The van der Waals surface area contributed by atoms with Crippen LogP contribution in [0, 0.1) is 0 Å². The first kappa shape index (κ1) is 19.2. The second-order valence-corrected chi connectivity index (χ2v) is 6.33. The van der Waals surface area contributed by atoms with Crippen molar-refractivity contribution in [1.82, 2.24) is 0 Å². The number of rotatable bonds is 9. The monoisotopic (exact) mass is 364 g/mol. The van der Waals surface area contributed by atoms with Crippen molar-refractivity contribution in [2.75, 3.05) is 6.61 Å². The third-order valence-corrected chi connectivity index (χ3v) is 4.32. The van der Waals surface area contributed by atoms with Gasteiger partial charge in [0.1, 0.15) is 18.3 Å². The maximum Gasteiger partial charge on any atom is 0.186 e. The minimum Gasteiger partial charge on any atom is -0.367 e. The van der Waals surface area contributed by atoms with Gasteiger partial charge >= 0.3 is 0 Å². The van der Waals surface area contributed by atoms with Crippen molar-refractivity contribution in [3.8, 4) is 0 Å². The van der Waals surface area contributed by atoms with E-state index in [1.807, 2.05) is 60.7 Å². The molecular formula is C23H24O4. The van der Waals surface area contributed by atoms with E-state index in [0.717, 1.165) is 11.1 Å². The topological polar surface area (TPSA) is 44.8 Å². The molecule has 2 aromatic carbocycles. The average molecular weight is 364 g/mol. The predicted molar refractivity (Wildman–Crippen MR) is 104 cm³/mol. The molecule has 3 rings (SSSR count). The van der Waals surface area contributed by atoms with Crippen molar-refractivity contribution in [3.63, 3.8) is 0 Å². The van der Waals surface area contributed by atoms with Crippen LogP contribution in [0.15, 0.2) is 85.5 Å². The third-order valence-electron chi connectivity index (χ3n) is 4.32. The van der Waals surface area contributed by atoms with Crippen LogP contribution in [-0.4, -0.2) is 30.7 Å². The van der Waals surface area contributed by atoms with E-state index in [0.29, 0.717) is 13.2 Å². The van der Waals surface area contributed by atoms with Gasteiger partial charge in [0.25, 0.3) is 0 Å². The maximum atomic E-state index is 12.4. The number of benzene rings is 2. The van der Waals surface area contributed by atoms with Gasteiger partial charge in [-0.15, -0.1) is 6.58 Å². The van der Waals surface area contributed by atoms with Crippen molar-refractivity contribution >= 4 is 5.78 Å². The molecular weight excluding hydrogens is 340 g/mol. The van der Waals surface area contributed by atoms with Crippen LogP contribution in [0.25, 0.3) is 0 Å². The van der Waals surface area contributed by atoms with Gasteiger partial charge in [0.05, 0.1) is 19.8 Å². The largest absolute Gasteiger partial charge is 0.367 e. The van der Waals surface area contributed by atoms with Crippen LogP contribution in [0.3, 0.4) is 0 Å². The molecule has 0 aliphatic heterocycles. The first-order valence-corrected chi connectivity index (χ1v) is 9.03. The number of carbonyl (C=O) groups excluding carboxylic acids is 1. The van der Waals surface area contributed by atoms with Crippen molar-refractivity contribution in [1.29, 1.82) is 0 Å². The van der Waals surface area contributed by atoms with Gasteiger partial charge in [0.15, 0.2) is 5.78 Å². The van der Waals surface area contributed by atoms with Gasteiger partial charge in [-0.1, -0.05) is 66.7 Å². The molecule has 140 valence electrons. The number of hydrogen-bond donors (Lipinski definition) is 0. The summed E-state index contributed by atoms with van der Waals surface area (Å²) in [6.07, 6.45) is 3.30. The van der Waals surface area contributed by atoms with E-state index < -0.39 is 12.2 Å². The Labute approximate surface area is 160 Å². The molecule has 4 nitrogen and oxygen atoms in total. The van der Waals surface area contributed by atoms with Crippen LogP contribution in [0.5, 0.6) is 0 Å². The average Bonchev–Trinajstić information content (AvgIpc) is 2.72. The molecule has 3 atom stereocenters. The molecule has 0 saturated heterocycles. The molecule has 1 aliphatic carbocycles. The van der Waals surface area contributed by atoms with Gasteiger partial charge in [-0.05, 0) is 23.3 Å². The Morgan fingerprint density at radius 2 is 1.44 bits per heavy atom. The van der Waals surface area contributed by atoms with E-state index in [9.17, 15) is 4.79 Å². The Bertz CT molecular complexity index is 754. The highest BCUT2D eigenvalue weighted by atomic mass is 16.6. The summed E-state index contributed by atoms with van der Waals surface area (Å²) in [6.45, 7) is 4.75. The number of ketones is 1. The summed E-state index contributed by atoms with van der Waals surface area (Å²) in [4.78, 5) is 12.4. The first-order valence-electron chi connectivity index (χ1n) is 9.03. The highest BCUT2D eigenvalue weighted by Gasteiger charge is 2.38. The maximum absolute atomic E-state index is 12.4. The highest BCUT2D eigenvalue weighted by Crippen LogP contribution is 2.22. The molecule has 0 spiro atoms. The quantitative estimate of drug-likeness (QED) is 0.634. The minimum absolute atomic E-state index is 0.116. The van der Waals surface area contributed by atoms with Gasteiger partial charge < -0.3 is 14.2 Å². The second-order valence-electron chi connectivity index (χ2n) is 6.33. The van der Waals surface area contributed by atoms with E-state index >= 15 is 0 Å². The lowest BCUT2D eigenvalue weighted by molar-refractivity contribution is -0.156. The van der Waals surface area contributed by atoms with Crippen LogP contribution < -0.4 is 0 Å². The SMILES string of the molecule is C=CCO[C@@H]1C(=O)C=C[C@H](OCc2ccccc2)[C@H]1OCc1ccccc1. The van der Waals surface area contributed by atoms with Crippen molar-refractivity contribution in [2.24, 2.45) is 0 Å². The molecule has 0 saturated carbocycles. The van der Waals surface area contributed by atoms with E-state index in [4.69, 9.17) is 14.2 Å². The fourth-order valence-electron chi connectivity index (χ4n) is 2.94. The van der Waals surface area contributed by atoms with Crippen LogP contribution >= 0.6 is 0 Å². The summed E-state index contributed by atoms with van der Waals surface area (Å²) in [5.74, 6) is -0.116. The second kappa shape index (κ2) is 9.97. The van der Waals surface area contributed by atoms with Gasteiger partial charge in [-0.2, -0.15) is 0 Å². The fraction of sp³-hybridized carbons (Fsp3) is 0.261. The van der Waals surface area contributed by atoms with E-state index in [1.54, 1.807) is 12.2 Å². The molecule has 0 aromatic heterocycles. The Hall–Kier alpha value is -2.53. The van der Waals surface area contributed by atoms with Gasteiger partial charge in [0.2, 0.25) is 0 Å². The third kappa shape index (κ3) is 5.47. The van der Waals surface area contributed by atoms with Crippen LogP contribution in [0.1, 0.15) is 11.1 Å². The number of ether oxygens (including phenoxy) is 3. The van der Waals surface area contributed by atoms with Crippen LogP contribution in [0.2, 0.25) is 0 Å². The Morgan fingerprint density at radius 3 is 2.04 bits per heavy atom. The molecule has 0 bridgehead atoms. The molecule has 1 aliphatic rings. The molecule has 0 heterocycles. The van der Waals surface area contributed by atoms with Crippen molar-refractivity contribution in [3.05, 3.63) is 96.6 Å². The molecule has 0 fully saturated rings. The summed E-state index contributed by atoms with van der Waals surface area (Å²) in [6, 6.07) is 19.8. The Balaban J connectivity index is 1.72. The normalized spacial score (nSPS) is 21.9. The molecule has 0 unspecified atom stereocenters. The fourth-order valence-corrected chi connectivity index (χ4v) is 2.94. The van der Waals surface area contributed by atoms with Gasteiger partial charge in [-0.25, -0.2) is 0 Å². The number of carbonyl (C=O) groups is 1.